The van der Waals surface area contributed by atoms with Crippen LogP contribution in [0.25, 0.3) is 10.4 Å². The van der Waals surface area contributed by atoms with Crippen LogP contribution < -0.4 is 10.2 Å². The highest BCUT2D eigenvalue weighted by Gasteiger charge is 2.50. The predicted octanol–water partition coefficient (Wildman–Crippen LogP) is 5.71. The van der Waals surface area contributed by atoms with Crippen molar-refractivity contribution in [2.45, 2.75) is 68.2 Å². The average molecular weight is 619 g/mol. The molecule has 7 rings (SSSR count). The number of benzene rings is 2. The SMILES string of the molecule is N#CC1(NC(=O)C2CCCC[C@H]2c2nc(C3(c4ccc(F)cc4)CC3)sc2-c2ccc(N3CCS(=O)(=O)CC3)cc2)CC1. The summed E-state index contributed by atoms with van der Waals surface area (Å²) in [5.74, 6) is -0.266. The molecule has 43 heavy (non-hydrogen) atoms. The van der Waals surface area contributed by atoms with Gasteiger partial charge in [-0.3, -0.25) is 4.79 Å². The molecule has 3 aromatic rings. The number of thiazole rings is 1. The third-order valence-corrected chi connectivity index (χ3v) is 12.8. The molecule has 3 saturated carbocycles. The van der Waals surface area contributed by atoms with Crippen LogP contribution in [0.15, 0.2) is 48.5 Å². The van der Waals surface area contributed by atoms with Gasteiger partial charge in [0, 0.05) is 36.0 Å². The summed E-state index contributed by atoms with van der Waals surface area (Å²) >= 11 is 1.68. The van der Waals surface area contributed by atoms with Crippen LogP contribution in [-0.4, -0.2) is 49.4 Å². The number of halogens is 1. The third kappa shape index (κ3) is 5.46. The van der Waals surface area contributed by atoms with Crippen LogP contribution >= 0.6 is 11.3 Å². The number of sulfone groups is 1. The lowest BCUT2D eigenvalue weighted by Crippen LogP contribution is -2.42. The van der Waals surface area contributed by atoms with E-state index >= 15 is 0 Å². The van der Waals surface area contributed by atoms with Gasteiger partial charge in [0.1, 0.15) is 16.4 Å². The van der Waals surface area contributed by atoms with E-state index in [1.54, 1.807) is 11.3 Å². The van der Waals surface area contributed by atoms with Gasteiger partial charge in [0.05, 0.1) is 28.1 Å². The van der Waals surface area contributed by atoms with E-state index in [9.17, 15) is 22.9 Å². The van der Waals surface area contributed by atoms with E-state index in [1.807, 2.05) is 12.1 Å². The number of anilines is 1. The van der Waals surface area contributed by atoms with Crippen molar-refractivity contribution in [1.82, 2.24) is 10.3 Å². The summed E-state index contributed by atoms with van der Waals surface area (Å²) in [5.41, 5.74) is 3.10. The number of nitrogens with one attached hydrogen (secondary N) is 1. The second-order valence-corrected chi connectivity index (χ2v) is 16.0. The molecule has 1 aliphatic heterocycles. The van der Waals surface area contributed by atoms with Crippen molar-refractivity contribution >= 4 is 32.8 Å². The van der Waals surface area contributed by atoms with Gasteiger partial charge in [0.25, 0.3) is 0 Å². The lowest BCUT2D eigenvalue weighted by atomic mass is 9.76. The van der Waals surface area contributed by atoms with Crippen molar-refractivity contribution in [3.8, 4) is 16.5 Å². The van der Waals surface area contributed by atoms with E-state index in [2.05, 4.69) is 40.6 Å². The molecule has 4 fully saturated rings. The van der Waals surface area contributed by atoms with Crippen LogP contribution in [0.2, 0.25) is 0 Å². The van der Waals surface area contributed by atoms with Gasteiger partial charge in [0.2, 0.25) is 5.91 Å². The number of carbonyl (C=O) groups is 1. The maximum absolute atomic E-state index is 13.8. The third-order valence-electron chi connectivity index (χ3n) is 9.83. The zero-order valence-corrected chi connectivity index (χ0v) is 25.7. The van der Waals surface area contributed by atoms with E-state index in [-0.39, 0.29) is 40.5 Å². The van der Waals surface area contributed by atoms with Crippen molar-refractivity contribution in [3.63, 3.8) is 0 Å². The molecule has 0 bridgehead atoms. The van der Waals surface area contributed by atoms with Gasteiger partial charge in [-0.05, 0) is 73.9 Å². The normalized spacial score (nSPS) is 25.0. The maximum atomic E-state index is 13.8. The summed E-state index contributed by atoms with van der Waals surface area (Å²) < 4.78 is 37.7. The first kappa shape index (κ1) is 28.5. The molecule has 224 valence electrons. The number of amides is 1. The molecule has 2 atom stereocenters. The molecule has 2 aromatic carbocycles. The van der Waals surface area contributed by atoms with E-state index < -0.39 is 15.4 Å². The lowest BCUT2D eigenvalue weighted by molar-refractivity contribution is -0.127. The molecule has 0 radical (unpaired) electrons. The molecular formula is C33H35FN4O3S2. The first-order chi connectivity index (χ1) is 20.7. The predicted molar refractivity (Wildman–Crippen MR) is 165 cm³/mol. The number of rotatable bonds is 7. The molecule has 1 amide bonds. The fourth-order valence-corrected chi connectivity index (χ4v) is 9.41. The Morgan fingerprint density at radius 2 is 1.67 bits per heavy atom. The average Bonchev–Trinajstić information content (AvgIpc) is 3.95. The molecule has 1 N–H and O–H groups in total. The van der Waals surface area contributed by atoms with Crippen LogP contribution in [0.4, 0.5) is 10.1 Å². The molecule has 2 heterocycles. The molecule has 1 unspecified atom stereocenters. The van der Waals surface area contributed by atoms with Crippen molar-refractivity contribution in [2.24, 2.45) is 5.92 Å². The molecule has 4 aliphatic rings. The van der Waals surface area contributed by atoms with E-state index in [0.717, 1.165) is 70.9 Å². The van der Waals surface area contributed by atoms with Gasteiger partial charge in [-0.1, -0.05) is 37.1 Å². The van der Waals surface area contributed by atoms with Gasteiger partial charge in [-0.2, -0.15) is 5.26 Å². The van der Waals surface area contributed by atoms with Gasteiger partial charge < -0.3 is 10.2 Å². The summed E-state index contributed by atoms with van der Waals surface area (Å²) in [6, 6.07) is 17.3. The maximum Gasteiger partial charge on any atom is 0.225 e. The fraction of sp³-hybridized carbons (Fsp3) is 0.485. The fourth-order valence-electron chi connectivity index (χ4n) is 6.80. The number of aromatic nitrogens is 1. The van der Waals surface area contributed by atoms with Gasteiger partial charge in [-0.25, -0.2) is 17.8 Å². The summed E-state index contributed by atoms with van der Waals surface area (Å²) in [4.78, 5) is 22.1. The molecular weight excluding hydrogens is 584 g/mol. The highest BCUT2D eigenvalue weighted by Crippen LogP contribution is 2.57. The van der Waals surface area contributed by atoms with E-state index in [4.69, 9.17) is 4.98 Å². The van der Waals surface area contributed by atoms with Crippen LogP contribution in [-0.2, 0) is 20.0 Å². The number of nitrogens with zero attached hydrogens (tertiary/aromatic N) is 3. The largest absolute Gasteiger partial charge is 0.369 e. The highest BCUT2D eigenvalue weighted by atomic mass is 32.2. The standard InChI is InChI=1S/C33H35FN4O3S2/c34-24-9-7-23(8-10-24)33(15-16-33)31-36-28(26-3-1-2-4-27(26)30(39)37-32(21-35)13-14-32)29(42-31)22-5-11-25(12-6-22)38-17-19-43(40,41)20-18-38/h5-12,26-27H,1-4,13-20H2,(H,37,39)/t26-,27?/m1/s1. The molecule has 7 nitrogen and oxygen atoms in total. The smallest absolute Gasteiger partial charge is 0.225 e. The Balaban J connectivity index is 1.25. The summed E-state index contributed by atoms with van der Waals surface area (Å²) in [6.07, 6.45) is 6.91. The molecule has 10 heteroatoms. The van der Waals surface area contributed by atoms with Crippen molar-refractivity contribution in [2.75, 3.05) is 29.5 Å². The summed E-state index contributed by atoms with van der Waals surface area (Å²) in [7, 11) is -2.96. The van der Waals surface area contributed by atoms with Gasteiger partial charge in [0.15, 0.2) is 9.84 Å². The quantitative estimate of drug-likeness (QED) is 0.364. The second kappa shape index (κ2) is 10.7. The lowest BCUT2D eigenvalue weighted by Gasteiger charge is -2.31. The number of carbonyl (C=O) groups excluding carboxylic acids is 1. The topological polar surface area (TPSA) is 103 Å². The van der Waals surface area contributed by atoms with Crippen LogP contribution in [0, 0.1) is 23.1 Å². The first-order valence-electron chi connectivity index (χ1n) is 15.3. The summed E-state index contributed by atoms with van der Waals surface area (Å²) in [6.45, 7) is 0.974. The van der Waals surface area contributed by atoms with Crippen molar-refractivity contribution in [3.05, 3.63) is 70.6 Å². The Kier molecular flexibility index (Phi) is 7.09. The monoisotopic (exact) mass is 618 g/mol. The van der Waals surface area contributed by atoms with E-state index in [1.165, 1.54) is 12.1 Å². The molecule has 1 saturated heterocycles. The second-order valence-electron chi connectivity index (χ2n) is 12.7. The molecule has 1 aromatic heterocycles. The Bertz CT molecular complexity index is 1670. The number of nitriles is 1. The zero-order chi connectivity index (χ0) is 29.8. The molecule has 3 aliphatic carbocycles. The van der Waals surface area contributed by atoms with Crippen LogP contribution in [0.5, 0.6) is 0 Å². The summed E-state index contributed by atoms with van der Waals surface area (Å²) in [5, 5.41) is 13.7. The zero-order valence-electron chi connectivity index (χ0n) is 24.0. The van der Waals surface area contributed by atoms with Crippen LogP contribution in [0.1, 0.15) is 73.5 Å². The Labute approximate surface area is 256 Å². The highest BCUT2D eigenvalue weighted by molar-refractivity contribution is 7.91. The minimum Gasteiger partial charge on any atom is -0.369 e. The minimum atomic E-state index is -2.96. The Morgan fingerprint density at radius 3 is 2.30 bits per heavy atom. The van der Waals surface area contributed by atoms with Gasteiger partial charge >= 0.3 is 0 Å². The number of hydrogen-bond donors (Lipinski definition) is 1. The Hall–Kier alpha value is -3.29. The van der Waals surface area contributed by atoms with Gasteiger partial charge in [-0.15, -0.1) is 11.3 Å². The van der Waals surface area contributed by atoms with Crippen molar-refractivity contribution < 1.29 is 17.6 Å². The minimum absolute atomic E-state index is 0.0423. The van der Waals surface area contributed by atoms with Crippen molar-refractivity contribution in [1.29, 1.82) is 5.26 Å². The van der Waals surface area contributed by atoms with E-state index in [0.29, 0.717) is 25.9 Å². The van der Waals surface area contributed by atoms with Crippen LogP contribution in [0.3, 0.4) is 0 Å². The first-order valence-corrected chi connectivity index (χ1v) is 17.9. The molecule has 0 spiro atoms. The number of hydrogen-bond acceptors (Lipinski definition) is 7. The Morgan fingerprint density at radius 1 is 1.00 bits per heavy atom.